The van der Waals surface area contributed by atoms with Gasteiger partial charge in [0, 0.05) is 18.0 Å². The zero-order chi connectivity index (χ0) is 20.5. The molecule has 0 aliphatic carbocycles. The normalized spacial score (nSPS) is 11.6. The molecule has 0 spiro atoms. The van der Waals surface area contributed by atoms with Crippen molar-refractivity contribution in [2.45, 2.75) is 73.1 Å². The van der Waals surface area contributed by atoms with Crippen molar-refractivity contribution in [3.8, 4) is 17.1 Å². The molecular weight excluding hydrogens is 340 g/mol. The zero-order valence-electron chi connectivity index (χ0n) is 18.5. The highest BCUT2D eigenvalue weighted by atomic mass is 15.1. The SMILES string of the molecule is CCC.CCc1cccc(CC)c1-n1ccnc1-c1ccccc1C(C)CC. The van der Waals surface area contributed by atoms with Gasteiger partial charge in [0.1, 0.15) is 5.82 Å². The van der Waals surface area contributed by atoms with Crippen LogP contribution < -0.4 is 0 Å². The summed E-state index contributed by atoms with van der Waals surface area (Å²) in [5, 5.41) is 0. The van der Waals surface area contributed by atoms with Gasteiger partial charge in [0.25, 0.3) is 0 Å². The average molecular weight is 377 g/mol. The van der Waals surface area contributed by atoms with Crippen molar-refractivity contribution in [2.75, 3.05) is 0 Å². The van der Waals surface area contributed by atoms with E-state index in [4.69, 9.17) is 4.98 Å². The van der Waals surface area contributed by atoms with Crippen LogP contribution in [0.25, 0.3) is 17.1 Å². The number of imidazole rings is 1. The van der Waals surface area contributed by atoms with Gasteiger partial charge in [-0.25, -0.2) is 4.98 Å². The molecule has 0 fully saturated rings. The van der Waals surface area contributed by atoms with E-state index in [1.165, 1.54) is 34.4 Å². The lowest BCUT2D eigenvalue weighted by molar-refractivity contribution is 0.734. The Morgan fingerprint density at radius 1 is 0.857 bits per heavy atom. The van der Waals surface area contributed by atoms with Gasteiger partial charge in [0.05, 0.1) is 5.69 Å². The first-order chi connectivity index (χ1) is 13.6. The molecule has 0 aliphatic heterocycles. The van der Waals surface area contributed by atoms with Crippen LogP contribution in [0.2, 0.25) is 0 Å². The van der Waals surface area contributed by atoms with Crippen LogP contribution in [0.3, 0.4) is 0 Å². The predicted molar refractivity (Wildman–Crippen MR) is 122 cm³/mol. The number of hydrogen-bond donors (Lipinski definition) is 0. The van der Waals surface area contributed by atoms with Gasteiger partial charge in [-0.15, -0.1) is 0 Å². The van der Waals surface area contributed by atoms with Crippen molar-refractivity contribution < 1.29 is 0 Å². The van der Waals surface area contributed by atoms with Crippen LogP contribution in [0.4, 0.5) is 0 Å². The molecule has 1 aromatic heterocycles. The summed E-state index contributed by atoms with van der Waals surface area (Å²) in [5.74, 6) is 1.57. The molecule has 0 N–H and O–H groups in total. The van der Waals surface area contributed by atoms with E-state index in [1.807, 2.05) is 6.20 Å². The minimum atomic E-state index is 0.522. The molecule has 0 bridgehead atoms. The first kappa shape index (κ1) is 21.9. The molecule has 2 heteroatoms. The maximum absolute atomic E-state index is 4.75. The largest absolute Gasteiger partial charge is 0.299 e. The summed E-state index contributed by atoms with van der Waals surface area (Å²) in [6.45, 7) is 13.2. The highest BCUT2D eigenvalue weighted by molar-refractivity contribution is 5.65. The van der Waals surface area contributed by atoms with Crippen LogP contribution in [0.1, 0.15) is 77.0 Å². The molecule has 2 aromatic carbocycles. The van der Waals surface area contributed by atoms with Gasteiger partial charge in [-0.05, 0) is 41.9 Å². The van der Waals surface area contributed by atoms with Crippen molar-refractivity contribution in [2.24, 2.45) is 0 Å². The summed E-state index contributed by atoms with van der Waals surface area (Å²) < 4.78 is 2.29. The van der Waals surface area contributed by atoms with Gasteiger partial charge in [-0.2, -0.15) is 0 Å². The highest BCUT2D eigenvalue weighted by Crippen LogP contribution is 2.33. The number of aryl methyl sites for hydroxylation is 2. The second-order valence-electron chi connectivity index (χ2n) is 7.36. The summed E-state index contributed by atoms with van der Waals surface area (Å²) in [7, 11) is 0. The molecule has 150 valence electrons. The van der Waals surface area contributed by atoms with Gasteiger partial charge in [-0.1, -0.05) is 90.4 Å². The molecule has 1 atom stereocenters. The van der Waals surface area contributed by atoms with Crippen molar-refractivity contribution in [1.82, 2.24) is 9.55 Å². The Kier molecular flexibility index (Phi) is 8.50. The van der Waals surface area contributed by atoms with Gasteiger partial charge in [-0.3, -0.25) is 4.57 Å². The molecule has 3 rings (SSSR count). The van der Waals surface area contributed by atoms with Gasteiger partial charge < -0.3 is 0 Å². The lowest BCUT2D eigenvalue weighted by Crippen LogP contribution is -2.06. The fourth-order valence-electron chi connectivity index (χ4n) is 3.56. The topological polar surface area (TPSA) is 17.8 Å². The number of rotatable bonds is 6. The zero-order valence-corrected chi connectivity index (χ0v) is 18.5. The molecule has 0 saturated carbocycles. The highest BCUT2D eigenvalue weighted by Gasteiger charge is 2.17. The third-order valence-electron chi connectivity index (χ3n) is 5.19. The van der Waals surface area contributed by atoms with Gasteiger partial charge in [0.2, 0.25) is 0 Å². The summed E-state index contributed by atoms with van der Waals surface area (Å²) in [6, 6.07) is 15.3. The number of aromatic nitrogens is 2. The monoisotopic (exact) mass is 376 g/mol. The van der Waals surface area contributed by atoms with Crippen LogP contribution in [-0.2, 0) is 12.8 Å². The standard InChI is InChI=1S/C23H28N2.C3H8/c1-5-17(4)20-13-8-9-14-21(20)23-24-15-16-25(23)22-18(6-2)11-10-12-19(22)7-3;1-3-2/h8-17H,5-7H2,1-4H3;3H2,1-2H3. The van der Waals surface area contributed by atoms with Gasteiger partial charge >= 0.3 is 0 Å². The number of nitrogens with zero attached hydrogens (tertiary/aromatic N) is 2. The molecule has 0 radical (unpaired) electrons. The molecule has 28 heavy (non-hydrogen) atoms. The van der Waals surface area contributed by atoms with Crippen molar-refractivity contribution in [3.63, 3.8) is 0 Å². The third kappa shape index (κ3) is 4.73. The molecule has 0 saturated heterocycles. The molecule has 1 unspecified atom stereocenters. The van der Waals surface area contributed by atoms with E-state index >= 15 is 0 Å². The lowest BCUT2D eigenvalue weighted by atomic mass is 9.93. The number of benzene rings is 2. The first-order valence-electron chi connectivity index (χ1n) is 10.9. The van der Waals surface area contributed by atoms with Gasteiger partial charge in [0.15, 0.2) is 0 Å². The fraction of sp³-hybridized carbons (Fsp3) is 0.423. The lowest BCUT2D eigenvalue weighted by Gasteiger charge is -2.19. The molecule has 0 aliphatic rings. The van der Waals surface area contributed by atoms with E-state index in [1.54, 1.807) is 0 Å². The number of para-hydroxylation sites is 1. The summed E-state index contributed by atoms with van der Waals surface area (Å²) >= 11 is 0. The van der Waals surface area contributed by atoms with E-state index in [0.29, 0.717) is 5.92 Å². The molecule has 1 heterocycles. The van der Waals surface area contributed by atoms with E-state index in [9.17, 15) is 0 Å². The minimum absolute atomic E-state index is 0.522. The van der Waals surface area contributed by atoms with E-state index in [0.717, 1.165) is 25.1 Å². The first-order valence-corrected chi connectivity index (χ1v) is 10.9. The van der Waals surface area contributed by atoms with Crippen LogP contribution in [-0.4, -0.2) is 9.55 Å². The maximum Gasteiger partial charge on any atom is 0.144 e. The van der Waals surface area contributed by atoms with Crippen LogP contribution in [0.15, 0.2) is 54.9 Å². The Hall–Kier alpha value is -2.35. The Balaban J connectivity index is 0.000000878. The Morgan fingerprint density at radius 3 is 2.04 bits per heavy atom. The van der Waals surface area contributed by atoms with Crippen molar-refractivity contribution in [3.05, 3.63) is 71.5 Å². The second-order valence-corrected chi connectivity index (χ2v) is 7.36. The Labute approximate surface area is 171 Å². The van der Waals surface area contributed by atoms with Crippen molar-refractivity contribution >= 4 is 0 Å². The molecule has 2 nitrogen and oxygen atoms in total. The Morgan fingerprint density at radius 2 is 1.46 bits per heavy atom. The van der Waals surface area contributed by atoms with Crippen LogP contribution >= 0.6 is 0 Å². The fourth-order valence-corrected chi connectivity index (χ4v) is 3.56. The van der Waals surface area contributed by atoms with E-state index in [2.05, 4.69) is 94.8 Å². The summed E-state index contributed by atoms with van der Waals surface area (Å²) in [4.78, 5) is 4.75. The summed E-state index contributed by atoms with van der Waals surface area (Å²) in [6.07, 6.45) is 8.45. The molecular formula is C26H36N2. The number of hydrogen-bond acceptors (Lipinski definition) is 1. The second kappa shape index (κ2) is 10.8. The molecule has 0 amide bonds. The van der Waals surface area contributed by atoms with Crippen LogP contribution in [0.5, 0.6) is 0 Å². The Bertz CT molecular complexity index is 838. The third-order valence-corrected chi connectivity index (χ3v) is 5.19. The predicted octanol–water partition coefficient (Wildman–Crippen LogP) is 7.59. The van der Waals surface area contributed by atoms with E-state index in [-0.39, 0.29) is 0 Å². The van der Waals surface area contributed by atoms with Crippen LogP contribution in [0, 0.1) is 0 Å². The quantitative estimate of drug-likeness (QED) is 0.433. The van der Waals surface area contributed by atoms with E-state index < -0.39 is 0 Å². The smallest absolute Gasteiger partial charge is 0.144 e. The summed E-state index contributed by atoms with van der Waals surface area (Å²) in [5.41, 5.74) is 6.68. The maximum atomic E-state index is 4.75. The average Bonchev–Trinajstić information content (AvgIpc) is 3.22. The minimum Gasteiger partial charge on any atom is -0.299 e. The van der Waals surface area contributed by atoms with Crippen molar-refractivity contribution in [1.29, 1.82) is 0 Å². The molecule has 3 aromatic rings.